The van der Waals surface area contributed by atoms with Gasteiger partial charge in [-0.1, -0.05) is 145 Å². The van der Waals surface area contributed by atoms with Gasteiger partial charge in [-0.05, 0) is 127 Å². The second-order valence-electron chi connectivity index (χ2n) is 19.3. The molecule has 3 heteroatoms. The third-order valence-electron chi connectivity index (χ3n) is 15.3. The number of fused-ring (bicyclic) bond motifs is 11. The number of anilines is 2. The van der Waals surface area contributed by atoms with Crippen molar-refractivity contribution in [3.63, 3.8) is 0 Å². The number of benzene rings is 7. The van der Waals surface area contributed by atoms with E-state index in [9.17, 15) is 0 Å². The van der Waals surface area contributed by atoms with Crippen molar-refractivity contribution < 1.29 is 4.42 Å². The molecule has 2 aliphatic carbocycles. The minimum absolute atomic E-state index is 0.00334. The standard InChI is InChI=1S/C54H48BNO/c1-52(2,3)37-29-44-48-43(32-53(4)25-13-14-26-54(44,53)5)49-50-41(31-42-39-19-11-12-20-47(39)57-51(42)49)40-27-35-17-9-10-18-36(35)28-46(40)56(55(50)45(48)30-37)38-23-21-34(22-24-38)33-15-7-6-8-16-33/h6-12,15-24,27-31,43H,13-14,25-26,32H2,1-5H3. The molecule has 4 aliphatic rings. The van der Waals surface area contributed by atoms with E-state index in [1.807, 2.05) is 0 Å². The van der Waals surface area contributed by atoms with Crippen molar-refractivity contribution in [2.75, 3.05) is 4.81 Å². The van der Waals surface area contributed by atoms with Crippen LogP contribution in [0.15, 0.2) is 138 Å². The Morgan fingerprint density at radius 3 is 2.16 bits per heavy atom. The molecule has 2 nitrogen and oxygen atoms in total. The smallest absolute Gasteiger partial charge is 0.329 e. The van der Waals surface area contributed by atoms with Crippen molar-refractivity contribution in [3.05, 3.63) is 156 Å². The topological polar surface area (TPSA) is 16.4 Å². The van der Waals surface area contributed by atoms with Crippen LogP contribution in [0.2, 0.25) is 0 Å². The molecule has 278 valence electrons. The lowest BCUT2D eigenvalue weighted by molar-refractivity contribution is 0.0602. The minimum Gasteiger partial charge on any atom is -0.456 e. The van der Waals surface area contributed by atoms with Gasteiger partial charge in [0.15, 0.2) is 0 Å². The Morgan fingerprint density at radius 2 is 1.37 bits per heavy atom. The van der Waals surface area contributed by atoms with E-state index in [0.29, 0.717) is 0 Å². The molecule has 2 aliphatic heterocycles. The maximum Gasteiger partial charge on any atom is 0.329 e. The Labute approximate surface area is 336 Å². The van der Waals surface area contributed by atoms with Gasteiger partial charge < -0.3 is 9.23 Å². The van der Waals surface area contributed by atoms with E-state index < -0.39 is 0 Å². The van der Waals surface area contributed by atoms with Crippen LogP contribution in [0.3, 0.4) is 0 Å². The molecule has 7 aromatic carbocycles. The molecule has 1 fully saturated rings. The van der Waals surface area contributed by atoms with Crippen LogP contribution in [0.25, 0.3) is 55.0 Å². The average Bonchev–Trinajstić information content (AvgIpc) is 3.60. The highest BCUT2D eigenvalue weighted by Gasteiger charge is 2.58. The number of furan rings is 1. The Kier molecular flexibility index (Phi) is 6.80. The number of hydrogen-bond donors (Lipinski definition) is 0. The zero-order chi connectivity index (χ0) is 38.4. The van der Waals surface area contributed by atoms with Crippen molar-refractivity contribution in [2.24, 2.45) is 5.41 Å². The molecule has 0 radical (unpaired) electrons. The molecule has 3 heterocycles. The average molecular weight is 738 g/mol. The summed E-state index contributed by atoms with van der Waals surface area (Å²) < 4.78 is 7.15. The first-order chi connectivity index (χ1) is 27.6. The van der Waals surface area contributed by atoms with Crippen LogP contribution in [0, 0.1) is 5.41 Å². The van der Waals surface area contributed by atoms with Crippen LogP contribution in [-0.2, 0) is 10.8 Å². The van der Waals surface area contributed by atoms with E-state index in [0.717, 1.165) is 17.6 Å². The molecule has 0 N–H and O–H groups in total. The first-order valence-corrected chi connectivity index (χ1v) is 21.3. The lowest BCUT2D eigenvalue weighted by atomic mass is 9.36. The fourth-order valence-corrected chi connectivity index (χ4v) is 12.0. The third kappa shape index (κ3) is 4.55. The molecule has 1 aromatic heterocycles. The van der Waals surface area contributed by atoms with Crippen LogP contribution < -0.4 is 15.7 Å². The summed E-state index contributed by atoms with van der Waals surface area (Å²) in [7, 11) is 0. The van der Waals surface area contributed by atoms with Crippen LogP contribution in [0.4, 0.5) is 11.4 Å². The Morgan fingerprint density at radius 1 is 0.667 bits per heavy atom. The van der Waals surface area contributed by atoms with Gasteiger partial charge in [0.2, 0.25) is 0 Å². The fourth-order valence-electron chi connectivity index (χ4n) is 12.0. The highest BCUT2D eigenvalue weighted by atomic mass is 16.3. The molecule has 0 saturated heterocycles. The quantitative estimate of drug-likeness (QED) is 0.164. The molecular weight excluding hydrogens is 689 g/mol. The van der Waals surface area contributed by atoms with Crippen LogP contribution >= 0.6 is 0 Å². The summed E-state index contributed by atoms with van der Waals surface area (Å²) in [5.41, 5.74) is 19.0. The summed E-state index contributed by atoms with van der Waals surface area (Å²) in [6.45, 7) is 12.5. The van der Waals surface area contributed by atoms with Gasteiger partial charge in [-0.15, -0.1) is 0 Å². The van der Waals surface area contributed by atoms with E-state index in [-0.39, 0.29) is 29.0 Å². The maximum absolute atomic E-state index is 7.15. The van der Waals surface area contributed by atoms with Crippen molar-refractivity contribution in [1.29, 1.82) is 0 Å². The van der Waals surface area contributed by atoms with E-state index in [4.69, 9.17) is 4.42 Å². The molecule has 0 spiro atoms. The summed E-state index contributed by atoms with van der Waals surface area (Å²) in [5.74, 6) is 0.249. The molecule has 57 heavy (non-hydrogen) atoms. The molecule has 0 amide bonds. The van der Waals surface area contributed by atoms with Crippen molar-refractivity contribution in [1.82, 2.24) is 0 Å². The van der Waals surface area contributed by atoms with Crippen molar-refractivity contribution in [3.8, 4) is 22.3 Å². The molecule has 0 bridgehead atoms. The molecule has 8 aromatic rings. The normalized spacial score (nSPS) is 22.0. The van der Waals surface area contributed by atoms with Gasteiger partial charge in [-0.25, -0.2) is 0 Å². The Balaban J connectivity index is 1.24. The highest BCUT2D eigenvalue weighted by molar-refractivity contribution is 6.92. The largest absolute Gasteiger partial charge is 0.456 e. The second kappa shape index (κ2) is 11.5. The van der Waals surface area contributed by atoms with Gasteiger partial charge in [-0.3, -0.25) is 0 Å². The molecule has 1 saturated carbocycles. The van der Waals surface area contributed by atoms with Gasteiger partial charge in [0, 0.05) is 39.2 Å². The molecule has 12 rings (SSSR count). The summed E-state index contributed by atoms with van der Waals surface area (Å²) in [4.78, 5) is 2.71. The van der Waals surface area contributed by atoms with E-state index in [2.05, 4.69) is 173 Å². The van der Waals surface area contributed by atoms with Gasteiger partial charge in [0.1, 0.15) is 11.2 Å². The Bertz CT molecular complexity index is 2970. The predicted octanol–water partition coefficient (Wildman–Crippen LogP) is 13.3. The minimum atomic E-state index is -0.0207. The molecule has 3 atom stereocenters. The molecule has 3 unspecified atom stereocenters. The lowest BCUT2D eigenvalue weighted by Crippen LogP contribution is -2.64. The first kappa shape index (κ1) is 33.6. The molecular formula is C54H48BNO. The van der Waals surface area contributed by atoms with Crippen molar-refractivity contribution >= 4 is 61.9 Å². The monoisotopic (exact) mass is 737 g/mol. The highest BCUT2D eigenvalue weighted by Crippen LogP contribution is 2.63. The zero-order valence-corrected chi connectivity index (χ0v) is 33.7. The predicted molar refractivity (Wildman–Crippen MR) is 241 cm³/mol. The summed E-state index contributed by atoms with van der Waals surface area (Å²) >= 11 is 0. The van der Waals surface area contributed by atoms with Gasteiger partial charge >= 0.3 is 6.85 Å². The van der Waals surface area contributed by atoms with Crippen LogP contribution in [0.5, 0.6) is 0 Å². The summed E-state index contributed by atoms with van der Waals surface area (Å²) in [5, 5.41) is 5.00. The third-order valence-corrected chi connectivity index (χ3v) is 15.3. The number of rotatable bonds is 2. The number of nitrogens with zero attached hydrogens (tertiary/aromatic N) is 1. The van der Waals surface area contributed by atoms with Crippen LogP contribution in [0.1, 0.15) is 94.9 Å². The first-order valence-electron chi connectivity index (χ1n) is 21.3. The van der Waals surface area contributed by atoms with Gasteiger partial charge in [0.05, 0.1) is 0 Å². The van der Waals surface area contributed by atoms with Crippen molar-refractivity contribution in [2.45, 2.75) is 83.5 Å². The second-order valence-corrected chi connectivity index (χ2v) is 19.3. The van der Waals surface area contributed by atoms with E-state index in [1.165, 1.54) is 103 Å². The van der Waals surface area contributed by atoms with Gasteiger partial charge in [-0.2, -0.15) is 0 Å². The number of hydrogen-bond acceptors (Lipinski definition) is 2. The lowest BCUT2D eigenvalue weighted by Gasteiger charge is -2.59. The zero-order valence-electron chi connectivity index (χ0n) is 33.7. The number of para-hydroxylation sites is 1. The van der Waals surface area contributed by atoms with E-state index >= 15 is 0 Å². The Hall–Kier alpha value is -5.54. The summed E-state index contributed by atoms with van der Waals surface area (Å²) in [6.07, 6.45) is 6.26. The maximum atomic E-state index is 7.15. The van der Waals surface area contributed by atoms with E-state index in [1.54, 1.807) is 11.1 Å². The van der Waals surface area contributed by atoms with Gasteiger partial charge in [0.25, 0.3) is 0 Å². The SMILES string of the molecule is CC(C)(C)c1cc2c3c(c1)C1(C)CCCCC1(C)CC3c1c3c(cc4c1oc1ccccc14)-c1cc4ccccc4cc1N(c1ccc(-c4ccccc4)cc1)B23. The van der Waals surface area contributed by atoms with Crippen LogP contribution in [-0.4, -0.2) is 6.85 Å². The summed E-state index contributed by atoms with van der Waals surface area (Å²) in [6, 6.07) is 50.6. The fraction of sp³-hybridized carbons (Fsp3) is 0.259.